The molecule has 1 aliphatic rings. The van der Waals surface area contributed by atoms with Gasteiger partial charge in [0.05, 0.1) is 0 Å². The zero-order chi connectivity index (χ0) is 5.98. The third kappa shape index (κ3) is 1.67. The van der Waals surface area contributed by atoms with E-state index < -0.39 is 0 Å². The van der Waals surface area contributed by atoms with Gasteiger partial charge in [-0.3, -0.25) is 0 Å². The van der Waals surface area contributed by atoms with Crippen LogP contribution in [0.4, 0.5) is 0 Å². The molecule has 2 atom stereocenters. The summed E-state index contributed by atoms with van der Waals surface area (Å²) in [6.45, 7) is 4.48. The van der Waals surface area contributed by atoms with Crippen molar-refractivity contribution in [2.24, 2.45) is 0 Å². The molecule has 0 bridgehead atoms. The van der Waals surface area contributed by atoms with Gasteiger partial charge in [0.15, 0.2) is 0 Å². The van der Waals surface area contributed by atoms with Crippen LogP contribution in [-0.4, -0.2) is 23.6 Å². The monoisotopic (exact) mass is 131 g/mol. The number of nitrogens with one attached hydrogen (secondary N) is 1. The maximum absolute atomic E-state index is 3.46. The average Bonchev–Trinajstić information content (AvgIpc) is 1.64. The summed E-state index contributed by atoms with van der Waals surface area (Å²) >= 11 is 2.05. The van der Waals surface area contributed by atoms with E-state index in [0.29, 0.717) is 0 Å². The molecule has 1 rings (SSSR count). The smallest absolute Gasteiger partial charge is 0.0132 e. The molecule has 1 nitrogen and oxygen atoms in total. The van der Waals surface area contributed by atoms with Crippen LogP contribution in [0.15, 0.2) is 0 Å². The van der Waals surface area contributed by atoms with Crippen LogP contribution >= 0.6 is 11.8 Å². The lowest BCUT2D eigenvalue weighted by molar-refractivity contribution is 0.514. The predicted octanol–water partition coefficient (Wildman–Crippen LogP) is 1.10. The van der Waals surface area contributed by atoms with Crippen LogP contribution in [0.25, 0.3) is 0 Å². The van der Waals surface area contributed by atoms with E-state index in [1.807, 2.05) is 11.8 Å². The fraction of sp³-hybridized carbons (Fsp3) is 1.00. The molecule has 0 radical (unpaired) electrons. The van der Waals surface area contributed by atoms with Crippen LogP contribution in [0.1, 0.15) is 13.8 Å². The topological polar surface area (TPSA) is 12.0 Å². The van der Waals surface area contributed by atoms with Crippen molar-refractivity contribution in [3.05, 3.63) is 0 Å². The first-order valence-electron chi connectivity index (χ1n) is 3.13. The van der Waals surface area contributed by atoms with Gasteiger partial charge in [-0.25, -0.2) is 0 Å². The van der Waals surface area contributed by atoms with Crippen molar-refractivity contribution in [3.63, 3.8) is 0 Å². The molecule has 1 heterocycles. The molecule has 0 aliphatic carbocycles. The quantitative estimate of drug-likeness (QED) is 0.528. The number of hydrogen-bond acceptors (Lipinski definition) is 2. The molecule has 0 aromatic carbocycles. The Morgan fingerprint density at radius 2 is 1.75 bits per heavy atom. The highest BCUT2D eigenvalue weighted by Gasteiger charge is 2.12. The highest BCUT2D eigenvalue weighted by Crippen LogP contribution is 2.10. The van der Waals surface area contributed by atoms with Gasteiger partial charge in [-0.05, 0) is 13.8 Å². The molecule has 0 aromatic rings. The van der Waals surface area contributed by atoms with Gasteiger partial charge in [0, 0.05) is 23.6 Å². The summed E-state index contributed by atoms with van der Waals surface area (Å²) in [7, 11) is 0. The van der Waals surface area contributed by atoms with Crippen LogP contribution < -0.4 is 5.32 Å². The molecule has 8 heavy (non-hydrogen) atoms. The maximum atomic E-state index is 3.46. The van der Waals surface area contributed by atoms with Crippen molar-refractivity contribution >= 4 is 11.8 Å². The molecule has 1 aliphatic heterocycles. The summed E-state index contributed by atoms with van der Waals surface area (Å²) in [5, 5.41) is 3.46. The Balaban J connectivity index is 2.23. The molecule has 0 saturated carbocycles. The van der Waals surface area contributed by atoms with E-state index in [0.717, 1.165) is 12.1 Å². The zero-order valence-electron chi connectivity index (χ0n) is 5.48. The fourth-order valence-corrected chi connectivity index (χ4v) is 2.04. The molecular weight excluding hydrogens is 118 g/mol. The zero-order valence-corrected chi connectivity index (χ0v) is 6.29. The SMILES string of the molecule is CC1CSCC(C)N1. The summed E-state index contributed by atoms with van der Waals surface area (Å²) in [6.07, 6.45) is 0. The van der Waals surface area contributed by atoms with Crippen molar-refractivity contribution < 1.29 is 0 Å². The Labute approximate surface area is 55.2 Å². The summed E-state index contributed by atoms with van der Waals surface area (Å²) in [5.74, 6) is 2.56. The first-order valence-corrected chi connectivity index (χ1v) is 4.28. The molecule has 0 amide bonds. The van der Waals surface area contributed by atoms with E-state index in [1.54, 1.807) is 0 Å². The predicted molar refractivity (Wildman–Crippen MR) is 39.4 cm³/mol. The lowest BCUT2D eigenvalue weighted by Gasteiger charge is -2.24. The Bertz CT molecular complexity index is 66.9. The van der Waals surface area contributed by atoms with Crippen molar-refractivity contribution in [2.45, 2.75) is 25.9 Å². The van der Waals surface area contributed by atoms with Crippen molar-refractivity contribution in [1.29, 1.82) is 0 Å². The molecule has 0 aromatic heterocycles. The second kappa shape index (κ2) is 2.74. The Morgan fingerprint density at radius 3 is 2.00 bits per heavy atom. The number of rotatable bonds is 0. The molecule has 0 spiro atoms. The van der Waals surface area contributed by atoms with E-state index in [1.165, 1.54) is 11.5 Å². The summed E-state index contributed by atoms with van der Waals surface area (Å²) in [5.41, 5.74) is 0. The van der Waals surface area contributed by atoms with Gasteiger partial charge in [-0.1, -0.05) is 0 Å². The Hall–Kier alpha value is 0.310. The minimum Gasteiger partial charge on any atom is -0.310 e. The summed E-state index contributed by atoms with van der Waals surface area (Å²) < 4.78 is 0. The second-order valence-electron chi connectivity index (χ2n) is 2.51. The first kappa shape index (κ1) is 6.43. The largest absolute Gasteiger partial charge is 0.310 e. The highest BCUT2D eigenvalue weighted by molar-refractivity contribution is 7.99. The summed E-state index contributed by atoms with van der Waals surface area (Å²) in [4.78, 5) is 0. The molecule has 1 saturated heterocycles. The molecule has 1 N–H and O–H groups in total. The van der Waals surface area contributed by atoms with Gasteiger partial charge in [-0.15, -0.1) is 0 Å². The van der Waals surface area contributed by atoms with Gasteiger partial charge < -0.3 is 5.32 Å². The molecule has 2 unspecified atom stereocenters. The molecule has 48 valence electrons. The third-order valence-corrected chi connectivity index (χ3v) is 2.78. The van der Waals surface area contributed by atoms with Gasteiger partial charge in [0.2, 0.25) is 0 Å². The second-order valence-corrected chi connectivity index (χ2v) is 3.58. The standard InChI is InChI=1S/C6H13NS/c1-5-3-8-4-6(2)7-5/h5-7H,3-4H2,1-2H3. The number of hydrogen-bond donors (Lipinski definition) is 1. The van der Waals surface area contributed by atoms with Gasteiger partial charge in [-0.2, -0.15) is 11.8 Å². The van der Waals surface area contributed by atoms with Crippen molar-refractivity contribution in [2.75, 3.05) is 11.5 Å². The van der Waals surface area contributed by atoms with E-state index in [-0.39, 0.29) is 0 Å². The third-order valence-electron chi connectivity index (χ3n) is 1.30. The lowest BCUT2D eigenvalue weighted by atomic mass is 10.3. The van der Waals surface area contributed by atoms with E-state index in [2.05, 4.69) is 19.2 Å². The van der Waals surface area contributed by atoms with Gasteiger partial charge in [0.1, 0.15) is 0 Å². The number of thioether (sulfide) groups is 1. The van der Waals surface area contributed by atoms with E-state index in [4.69, 9.17) is 0 Å². The normalized spacial score (nSPS) is 39.8. The summed E-state index contributed by atoms with van der Waals surface area (Å²) in [6, 6.07) is 1.45. The fourth-order valence-electron chi connectivity index (χ4n) is 1.00. The van der Waals surface area contributed by atoms with Crippen LogP contribution in [0.2, 0.25) is 0 Å². The minimum absolute atomic E-state index is 0.726. The molecule has 2 heteroatoms. The Kier molecular flexibility index (Phi) is 2.20. The van der Waals surface area contributed by atoms with Crippen molar-refractivity contribution in [1.82, 2.24) is 5.32 Å². The van der Waals surface area contributed by atoms with E-state index >= 15 is 0 Å². The van der Waals surface area contributed by atoms with Gasteiger partial charge >= 0.3 is 0 Å². The van der Waals surface area contributed by atoms with Crippen LogP contribution in [0.5, 0.6) is 0 Å². The van der Waals surface area contributed by atoms with E-state index in [9.17, 15) is 0 Å². The van der Waals surface area contributed by atoms with Crippen LogP contribution in [-0.2, 0) is 0 Å². The maximum Gasteiger partial charge on any atom is 0.0132 e. The van der Waals surface area contributed by atoms with Crippen LogP contribution in [0, 0.1) is 0 Å². The van der Waals surface area contributed by atoms with Crippen LogP contribution in [0.3, 0.4) is 0 Å². The van der Waals surface area contributed by atoms with Gasteiger partial charge in [0.25, 0.3) is 0 Å². The molecular formula is C6H13NS. The first-order chi connectivity index (χ1) is 3.79. The highest BCUT2D eigenvalue weighted by atomic mass is 32.2. The van der Waals surface area contributed by atoms with Crippen molar-refractivity contribution in [3.8, 4) is 0 Å². The lowest BCUT2D eigenvalue weighted by Crippen LogP contribution is -2.41. The minimum atomic E-state index is 0.726. The molecule has 1 fully saturated rings. The Morgan fingerprint density at radius 1 is 1.25 bits per heavy atom. The average molecular weight is 131 g/mol.